The Bertz CT molecular complexity index is 1500. The van der Waals surface area contributed by atoms with Gasteiger partial charge in [-0.3, -0.25) is 0 Å². The Balaban J connectivity index is 1.22. The summed E-state index contributed by atoms with van der Waals surface area (Å²) in [4.78, 5) is 0. The highest BCUT2D eigenvalue weighted by atomic mass is 31.1. The van der Waals surface area contributed by atoms with E-state index in [1.54, 1.807) is 0 Å². The third kappa shape index (κ3) is 4.14. The minimum absolute atomic E-state index is 0.125. The number of rotatable bonds is 2. The molecular formula is C36H32P2. The quantitative estimate of drug-likeness (QED) is 0.228. The normalized spacial score (nSPS) is 21.1. The summed E-state index contributed by atoms with van der Waals surface area (Å²) in [6.45, 7) is 9.66. The van der Waals surface area contributed by atoms with Gasteiger partial charge in [-0.1, -0.05) is 131 Å². The zero-order chi connectivity index (χ0) is 25.7. The van der Waals surface area contributed by atoms with Crippen LogP contribution in [0.25, 0.3) is 22.3 Å². The zero-order valence-corrected chi connectivity index (χ0v) is 23.5. The smallest absolute Gasteiger partial charge is 0.0158 e. The van der Waals surface area contributed by atoms with Crippen LogP contribution in [0.4, 0.5) is 0 Å². The van der Waals surface area contributed by atoms with Gasteiger partial charge in [0.25, 0.3) is 0 Å². The minimum atomic E-state index is -0.417. The molecule has 3 aliphatic rings. The highest BCUT2D eigenvalue weighted by Gasteiger charge is 2.39. The molecule has 0 saturated heterocycles. The van der Waals surface area contributed by atoms with Gasteiger partial charge in [0.2, 0.25) is 0 Å². The van der Waals surface area contributed by atoms with Gasteiger partial charge in [-0.25, -0.2) is 0 Å². The predicted octanol–water partition coefficient (Wildman–Crippen LogP) is 10.3. The summed E-state index contributed by atoms with van der Waals surface area (Å²) in [5.74, 6) is 0. The number of allylic oxidation sites excluding steroid dienone is 4. The van der Waals surface area contributed by atoms with Gasteiger partial charge in [-0.15, -0.1) is 0 Å². The van der Waals surface area contributed by atoms with Gasteiger partial charge >= 0.3 is 0 Å². The van der Waals surface area contributed by atoms with Crippen molar-refractivity contribution >= 4 is 15.8 Å². The Kier molecular flexibility index (Phi) is 6.23. The minimum Gasteiger partial charge on any atom is -0.0868 e. The van der Waals surface area contributed by atoms with E-state index in [2.05, 4.69) is 109 Å². The van der Waals surface area contributed by atoms with E-state index in [0.29, 0.717) is 0 Å². The van der Waals surface area contributed by atoms with Crippen LogP contribution in [0.5, 0.6) is 0 Å². The van der Waals surface area contributed by atoms with Crippen molar-refractivity contribution in [2.75, 3.05) is 0 Å². The molecule has 0 bridgehead atoms. The Morgan fingerprint density at radius 1 is 0.553 bits per heavy atom. The molecule has 0 aromatic heterocycles. The monoisotopic (exact) mass is 526 g/mol. The molecule has 0 nitrogen and oxygen atoms in total. The summed E-state index contributed by atoms with van der Waals surface area (Å²) in [5, 5.41) is 1.39. The van der Waals surface area contributed by atoms with Gasteiger partial charge in [0.05, 0.1) is 0 Å². The molecule has 1 atom stereocenters. The number of hydrogen-bond donors (Lipinski definition) is 0. The molecule has 0 spiro atoms. The maximum atomic E-state index is 4.95. The first-order chi connectivity index (χ1) is 18.6. The summed E-state index contributed by atoms with van der Waals surface area (Å²) in [6, 6.07) is 36.0. The van der Waals surface area contributed by atoms with Crippen LogP contribution in [-0.4, -0.2) is 5.16 Å². The van der Waals surface area contributed by atoms with Crippen molar-refractivity contribution in [3.05, 3.63) is 156 Å². The van der Waals surface area contributed by atoms with Crippen molar-refractivity contribution in [3.8, 4) is 22.3 Å². The highest BCUT2D eigenvalue weighted by Crippen LogP contribution is 2.65. The topological polar surface area (TPSA) is 0 Å². The molecule has 2 aliphatic heterocycles. The van der Waals surface area contributed by atoms with Gasteiger partial charge in [0.1, 0.15) is 0 Å². The number of fused-ring (bicyclic) bond motifs is 6. The molecule has 2 radical (unpaired) electrons. The van der Waals surface area contributed by atoms with Crippen LogP contribution in [0.3, 0.4) is 0 Å². The van der Waals surface area contributed by atoms with Crippen molar-refractivity contribution in [1.82, 2.24) is 0 Å². The molecule has 0 fully saturated rings. The van der Waals surface area contributed by atoms with Crippen LogP contribution >= 0.6 is 15.8 Å². The molecule has 1 unspecified atom stereocenters. The fraction of sp³-hybridized carbons (Fsp3) is 0.167. The first-order valence-corrected chi connectivity index (χ1v) is 16.9. The van der Waals surface area contributed by atoms with Crippen LogP contribution in [0.1, 0.15) is 28.7 Å². The Hall–Kier alpha value is -2.78. The Morgan fingerprint density at radius 3 is 1.37 bits per heavy atom. The van der Waals surface area contributed by atoms with E-state index in [9.17, 15) is 0 Å². The second kappa shape index (κ2) is 9.75. The lowest BCUT2D eigenvalue weighted by atomic mass is 9.93. The lowest BCUT2D eigenvalue weighted by molar-refractivity contribution is 0.811. The van der Waals surface area contributed by atoms with Crippen LogP contribution in [0.2, 0.25) is 0 Å². The summed E-state index contributed by atoms with van der Waals surface area (Å²) in [5.41, 5.74) is 12.8. The molecule has 0 N–H and O–H groups in total. The SMILES string of the molecule is [CH2]C1=CC(P2Cc3ccccc3-c3ccccc3C2)=CCC1([CH2])P1Cc2ccccc2-c2ccccc2C1. The third-order valence-corrected chi connectivity index (χ3v) is 14.2. The Morgan fingerprint density at radius 2 is 0.947 bits per heavy atom. The van der Waals surface area contributed by atoms with Crippen molar-refractivity contribution in [1.29, 1.82) is 0 Å². The fourth-order valence-electron chi connectivity index (χ4n) is 6.43. The predicted molar refractivity (Wildman–Crippen MR) is 167 cm³/mol. The molecule has 4 aromatic carbocycles. The van der Waals surface area contributed by atoms with Crippen molar-refractivity contribution < 1.29 is 0 Å². The van der Waals surface area contributed by atoms with Crippen molar-refractivity contribution in [2.24, 2.45) is 0 Å². The molecule has 0 amide bonds. The van der Waals surface area contributed by atoms with Gasteiger partial charge in [0.15, 0.2) is 0 Å². The average molecular weight is 527 g/mol. The molecule has 2 heteroatoms. The number of hydrogen-bond acceptors (Lipinski definition) is 0. The van der Waals surface area contributed by atoms with Gasteiger partial charge < -0.3 is 0 Å². The van der Waals surface area contributed by atoms with Crippen LogP contribution in [-0.2, 0) is 24.6 Å². The molecule has 7 rings (SSSR count). The largest absolute Gasteiger partial charge is 0.0868 e. The zero-order valence-electron chi connectivity index (χ0n) is 21.7. The lowest BCUT2D eigenvalue weighted by Crippen LogP contribution is -2.27. The van der Waals surface area contributed by atoms with E-state index in [1.807, 2.05) is 0 Å². The highest BCUT2D eigenvalue weighted by molar-refractivity contribution is 7.61. The van der Waals surface area contributed by atoms with Crippen LogP contribution in [0, 0.1) is 13.8 Å². The second-order valence-electron chi connectivity index (χ2n) is 10.9. The third-order valence-electron chi connectivity index (χ3n) is 8.63. The van der Waals surface area contributed by atoms with Gasteiger partial charge in [-0.2, -0.15) is 0 Å². The van der Waals surface area contributed by atoms with Crippen molar-refractivity contribution in [2.45, 2.75) is 36.2 Å². The lowest BCUT2D eigenvalue weighted by Gasteiger charge is -2.41. The summed E-state index contributed by atoms with van der Waals surface area (Å²) >= 11 is 0. The van der Waals surface area contributed by atoms with Gasteiger partial charge in [-0.05, 0) is 94.7 Å². The standard InChI is InChI=1S/C36H32P2/c1-26-21-31(37-22-27-11-3-7-15-32(27)33-16-8-4-12-28(33)23-37)19-20-36(26,2)38-24-29-13-5-9-17-34(29)35-18-10-6-14-30(35)25-38/h3-19,21H,1-2,20,22-25H2. The summed E-state index contributed by atoms with van der Waals surface area (Å²) < 4.78 is 0. The molecule has 186 valence electrons. The van der Waals surface area contributed by atoms with E-state index in [4.69, 9.17) is 13.8 Å². The average Bonchev–Trinajstić information content (AvgIpc) is 3.23. The van der Waals surface area contributed by atoms with Crippen LogP contribution in [0.15, 0.2) is 120 Å². The second-order valence-corrected chi connectivity index (χ2v) is 15.7. The maximum Gasteiger partial charge on any atom is 0.0158 e. The van der Waals surface area contributed by atoms with Crippen molar-refractivity contribution in [3.63, 3.8) is 0 Å². The summed E-state index contributed by atoms with van der Waals surface area (Å²) in [7, 11) is -0.758. The molecule has 38 heavy (non-hydrogen) atoms. The van der Waals surface area contributed by atoms with Crippen LogP contribution < -0.4 is 0 Å². The van der Waals surface area contributed by atoms with E-state index in [1.165, 1.54) is 55.4 Å². The fourth-order valence-corrected chi connectivity index (χ4v) is 11.9. The first-order valence-electron chi connectivity index (χ1n) is 13.5. The van der Waals surface area contributed by atoms with E-state index in [-0.39, 0.29) is 13.1 Å². The molecule has 4 aromatic rings. The molecule has 2 heterocycles. The Labute approximate surface area is 230 Å². The first kappa shape index (κ1) is 24.3. The number of benzene rings is 4. The molecule has 0 saturated carbocycles. The maximum absolute atomic E-state index is 4.95. The van der Waals surface area contributed by atoms with E-state index in [0.717, 1.165) is 31.1 Å². The molecular weight excluding hydrogens is 494 g/mol. The van der Waals surface area contributed by atoms with Gasteiger partial charge in [0, 0.05) is 5.16 Å². The molecule has 1 aliphatic carbocycles. The summed E-state index contributed by atoms with van der Waals surface area (Å²) in [6.07, 6.45) is 10.5. The van der Waals surface area contributed by atoms with E-state index < -0.39 is 7.92 Å². The van der Waals surface area contributed by atoms with E-state index >= 15 is 0 Å².